The van der Waals surface area contributed by atoms with E-state index < -0.39 is 10.8 Å². The predicted molar refractivity (Wildman–Crippen MR) is 556 cm³/mol. The van der Waals surface area contributed by atoms with Crippen molar-refractivity contribution in [3.8, 4) is 100 Å². The summed E-state index contributed by atoms with van der Waals surface area (Å²) in [5.74, 6) is 0. The van der Waals surface area contributed by atoms with Crippen LogP contribution < -0.4 is 9.80 Å². The lowest BCUT2D eigenvalue weighted by atomic mass is 9.67. The highest BCUT2D eigenvalue weighted by Gasteiger charge is 2.49. The Balaban J connectivity index is 0.602. The number of rotatable bonds is 17. The highest BCUT2D eigenvalue weighted by molar-refractivity contribution is 6.15. The zero-order valence-corrected chi connectivity index (χ0v) is 72.5. The van der Waals surface area contributed by atoms with E-state index in [0.29, 0.717) is 0 Å². The van der Waals surface area contributed by atoms with Gasteiger partial charge in [0.25, 0.3) is 0 Å². The summed E-state index contributed by atoms with van der Waals surface area (Å²) in [4.78, 5) is 5.00. The number of anilines is 6. The van der Waals surface area contributed by atoms with E-state index in [4.69, 9.17) is 0 Å². The lowest BCUT2D eigenvalue weighted by molar-refractivity contribution is 0.768. The van der Waals surface area contributed by atoms with Crippen LogP contribution in [0.4, 0.5) is 34.1 Å². The molecule has 23 aromatic rings. The molecule has 2 aliphatic rings. The lowest BCUT2D eigenvalue weighted by Crippen LogP contribution is -2.28. The van der Waals surface area contributed by atoms with Crippen molar-refractivity contribution < 1.29 is 0 Å². The van der Waals surface area contributed by atoms with Crippen LogP contribution in [0.15, 0.2) is 522 Å². The topological polar surface area (TPSA) is 6.48 Å². The molecule has 0 spiro atoms. The molecule has 1 unspecified atom stereocenters. The maximum Gasteiger partial charge on any atom is 0.0714 e. The van der Waals surface area contributed by atoms with Gasteiger partial charge in [0.15, 0.2) is 0 Å². The molecule has 25 rings (SSSR count). The van der Waals surface area contributed by atoms with Crippen LogP contribution in [0.25, 0.3) is 154 Å². The SMILES string of the molecule is c1ccc(C2(c3ccccc3)c3ccccc3-c3c(N(c4ccc(-c5ccccc5-c5ccc6cccc(-c7cccc(C8(c9ccccc9)c9ccccc9-c9c(N(c%10ccc(-c%11ccccc%11-c%11cc%12ccccc%12c%12ccccc%11%12)cc%10)c%10ccc(-c%11cccc%12ccccc%11%12)cc%10)cccc98)c7)c6c5)cc4)c4ccc(-c5cccc6ccccc56)cc4)cccc32)cc1. The molecule has 0 fully saturated rings. The molecule has 0 heterocycles. The van der Waals surface area contributed by atoms with Gasteiger partial charge >= 0.3 is 0 Å². The number of nitrogens with zero attached hydrogens (tertiary/aromatic N) is 2. The third kappa shape index (κ3) is 12.5. The Morgan fingerprint density at radius 2 is 0.432 bits per heavy atom. The Kier molecular flexibility index (Phi) is 18.8. The molecule has 0 aromatic heterocycles. The Hall–Kier alpha value is -17.0. The normalized spacial score (nSPS) is 13.4. The van der Waals surface area contributed by atoms with Gasteiger partial charge in [-0.15, -0.1) is 0 Å². The monoisotopic (exact) mass is 1670 g/mol. The van der Waals surface area contributed by atoms with Crippen molar-refractivity contribution in [1.29, 1.82) is 0 Å². The molecule has 616 valence electrons. The van der Waals surface area contributed by atoms with Crippen LogP contribution in [0.5, 0.6) is 0 Å². The summed E-state index contributed by atoms with van der Waals surface area (Å²) >= 11 is 0. The quantitative estimate of drug-likeness (QED) is 0.0839. The fraction of sp³-hybridized carbons (Fsp3) is 0.0154. The molecule has 0 amide bonds. The molecule has 0 aliphatic heterocycles. The first-order valence-corrected chi connectivity index (χ1v) is 45.8. The summed E-state index contributed by atoms with van der Waals surface area (Å²) in [6.07, 6.45) is 0. The summed E-state index contributed by atoms with van der Waals surface area (Å²) < 4.78 is 0. The number of hydrogen-bond acceptors (Lipinski definition) is 2. The van der Waals surface area contributed by atoms with Gasteiger partial charge in [-0.05, 0) is 266 Å². The van der Waals surface area contributed by atoms with Gasteiger partial charge in [-0.25, -0.2) is 0 Å². The summed E-state index contributed by atoms with van der Waals surface area (Å²) in [7, 11) is 0. The fourth-order valence-corrected chi connectivity index (χ4v) is 22.4. The molecule has 2 heteroatoms. The molecular weight excluding hydrogens is 1590 g/mol. The first-order valence-electron chi connectivity index (χ1n) is 45.8. The van der Waals surface area contributed by atoms with Crippen LogP contribution in [0.1, 0.15) is 44.5 Å². The highest BCUT2D eigenvalue weighted by atomic mass is 15.2. The van der Waals surface area contributed by atoms with Crippen LogP contribution in [0.2, 0.25) is 0 Å². The van der Waals surface area contributed by atoms with Crippen molar-refractivity contribution in [1.82, 2.24) is 0 Å². The van der Waals surface area contributed by atoms with E-state index in [2.05, 4.69) is 532 Å². The van der Waals surface area contributed by atoms with Crippen LogP contribution in [-0.2, 0) is 10.8 Å². The maximum absolute atomic E-state index is 2.51. The minimum absolute atomic E-state index is 0.578. The number of fused-ring (bicyclic) bond motifs is 12. The second-order valence-corrected chi connectivity index (χ2v) is 35.1. The van der Waals surface area contributed by atoms with Gasteiger partial charge in [-0.2, -0.15) is 0 Å². The average molecular weight is 1680 g/mol. The Bertz CT molecular complexity index is 8380. The molecular formula is C130H86N2. The Labute approximate surface area is 769 Å². The summed E-state index contributed by atoms with van der Waals surface area (Å²) in [5, 5.41) is 12.3. The summed E-state index contributed by atoms with van der Waals surface area (Å²) in [6, 6.07) is 195. The molecule has 1 atom stereocenters. The van der Waals surface area contributed by atoms with Crippen LogP contribution >= 0.6 is 0 Å². The van der Waals surface area contributed by atoms with E-state index >= 15 is 0 Å². The number of hydrogen-bond donors (Lipinski definition) is 0. The largest absolute Gasteiger partial charge is 0.310 e. The standard InChI is InChI=1S/C130H86N2/c1-4-39-97(40-5-1)129(98-41-6-2-7-42-98)121-60-24-22-55-117(121)127-123(129)62-30-64-125(127)131(102-78-70-91(71-79-102)108-57-27-35-87-32-10-13-46-105(87)108)101-76-68-90(69-77-101)107-48-16-17-50-111(107)96-67-66-89-37-29-59-113(119(89)85-96)94-38-26-45-100(84-94)130(99-43-8-3-9-44-99)122-61-25-23-56-118(122)128-124(130)63-31-65-126(128)132(103-80-72-92(73-81-103)109-58-28-36-88-33-11-14-47-106(88)109)104-82-74-93(75-83-104)110-49-18-19-53-115(110)120-86-95-34-12-15-51-112(95)114-52-20-21-54-116(114)120/h1-86H. The fourth-order valence-electron chi connectivity index (χ4n) is 22.4. The first kappa shape index (κ1) is 77.3. The zero-order chi connectivity index (χ0) is 87.2. The van der Waals surface area contributed by atoms with Crippen molar-refractivity contribution in [2.24, 2.45) is 0 Å². The van der Waals surface area contributed by atoms with Crippen molar-refractivity contribution in [2.75, 3.05) is 9.80 Å². The van der Waals surface area contributed by atoms with Crippen molar-refractivity contribution in [2.45, 2.75) is 10.8 Å². The third-order valence-electron chi connectivity index (χ3n) is 28.2. The highest BCUT2D eigenvalue weighted by Crippen LogP contribution is 2.63. The molecule has 2 aliphatic carbocycles. The summed E-state index contributed by atoms with van der Waals surface area (Å²) in [6.45, 7) is 0. The van der Waals surface area contributed by atoms with E-state index in [-0.39, 0.29) is 0 Å². The summed E-state index contributed by atoms with van der Waals surface area (Å²) in [5.41, 5.74) is 36.2. The van der Waals surface area contributed by atoms with Crippen molar-refractivity contribution in [3.63, 3.8) is 0 Å². The Morgan fingerprint density at radius 3 is 0.909 bits per heavy atom. The van der Waals surface area contributed by atoms with Gasteiger partial charge in [0.1, 0.15) is 0 Å². The van der Waals surface area contributed by atoms with E-state index in [1.165, 1.54) is 160 Å². The molecule has 0 radical (unpaired) electrons. The van der Waals surface area contributed by atoms with Crippen LogP contribution in [-0.4, -0.2) is 0 Å². The lowest BCUT2D eigenvalue weighted by Gasteiger charge is -2.35. The molecule has 0 bridgehead atoms. The minimum atomic E-state index is -0.753. The van der Waals surface area contributed by atoms with Gasteiger partial charge < -0.3 is 9.80 Å². The van der Waals surface area contributed by atoms with Gasteiger partial charge in [-0.1, -0.05) is 443 Å². The third-order valence-corrected chi connectivity index (χ3v) is 28.2. The van der Waals surface area contributed by atoms with Crippen LogP contribution in [0, 0.1) is 0 Å². The van der Waals surface area contributed by atoms with Gasteiger partial charge in [0.05, 0.1) is 22.2 Å². The minimum Gasteiger partial charge on any atom is -0.310 e. The maximum atomic E-state index is 2.51. The first-order chi connectivity index (χ1) is 65.5. The molecule has 0 N–H and O–H groups in total. The van der Waals surface area contributed by atoms with E-state index in [9.17, 15) is 0 Å². The second kappa shape index (κ2) is 32.1. The van der Waals surface area contributed by atoms with Crippen molar-refractivity contribution >= 4 is 88.0 Å². The molecule has 0 saturated carbocycles. The van der Waals surface area contributed by atoms with Gasteiger partial charge in [0.2, 0.25) is 0 Å². The Morgan fingerprint density at radius 1 is 0.136 bits per heavy atom. The zero-order valence-electron chi connectivity index (χ0n) is 72.5. The smallest absolute Gasteiger partial charge is 0.0714 e. The molecule has 132 heavy (non-hydrogen) atoms. The van der Waals surface area contributed by atoms with E-state index in [1.807, 2.05) is 0 Å². The number of benzene rings is 23. The van der Waals surface area contributed by atoms with E-state index in [1.54, 1.807) is 0 Å². The molecule has 23 aromatic carbocycles. The van der Waals surface area contributed by atoms with Gasteiger partial charge in [0, 0.05) is 33.9 Å². The second-order valence-electron chi connectivity index (χ2n) is 35.1. The van der Waals surface area contributed by atoms with Crippen LogP contribution in [0.3, 0.4) is 0 Å². The molecule has 2 nitrogen and oxygen atoms in total. The molecule has 0 saturated heterocycles. The average Bonchev–Trinajstić information content (AvgIpc) is 1.54. The predicted octanol–water partition coefficient (Wildman–Crippen LogP) is 34.8. The van der Waals surface area contributed by atoms with E-state index in [0.717, 1.165) is 73.1 Å². The van der Waals surface area contributed by atoms with Crippen molar-refractivity contribution in [3.05, 3.63) is 566 Å². The van der Waals surface area contributed by atoms with Gasteiger partial charge in [-0.3, -0.25) is 0 Å².